The molecule has 1 aliphatic rings. The van der Waals surface area contributed by atoms with Crippen LogP contribution in [0.25, 0.3) is 0 Å². The topological polar surface area (TPSA) is 40.5 Å². The summed E-state index contributed by atoms with van der Waals surface area (Å²) in [5.41, 5.74) is 1.01. The molecular formula is C15H20BrNO2. The van der Waals surface area contributed by atoms with Crippen LogP contribution < -0.4 is 0 Å². The smallest absolute Gasteiger partial charge is 0.227 e. The Morgan fingerprint density at radius 2 is 2.11 bits per heavy atom. The van der Waals surface area contributed by atoms with Gasteiger partial charge in [-0.15, -0.1) is 0 Å². The van der Waals surface area contributed by atoms with Gasteiger partial charge in [-0.3, -0.25) is 4.79 Å². The first-order chi connectivity index (χ1) is 9.20. The molecule has 1 amide bonds. The van der Waals surface area contributed by atoms with E-state index < -0.39 is 0 Å². The van der Waals surface area contributed by atoms with Crippen LogP contribution in [0.3, 0.4) is 0 Å². The van der Waals surface area contributed by atoms with Crippen molar-refractivity contribution in [1.82, 2.24) is 4.90 Å². The molecule has 2 rings (SSSR count). The Morgan fingerprint density at radius 1 is 1.37 bits per heavy atom. The van der Waals surface area contributed by atoms with Crippen molar-refractivity contribution in [3.8, 4) is 0 Å². The lowest BCUT2D eigenvalue weighted by Gasteiger charge is -2.28. The zero-order chi connectivity index (χ0) is 13.7. The number of rotatable bonds is 5. The maximum Gasteiger partial charge on any atom is 0.227 e. The second-order valence-electron chi connectivity index (χ2n) is 5.06. The van der Waals surface area contributed by atoms with Crippen molar-refractivity contribution < 1.29 is 9.90 Å². The van der Waals surface area contributed by atoms with Gasteiger partial charge in [0.25, 0.3) is 0 Å². The van der Waals surface area contributed by atoms with Crippen LogP contribution in [0.1, 0.15) is 31.2 Å². The van der Waals surface area contributed by atoms with Crippen molar-refractivity contribution in [3.05, 3.63) is 34.3 Å². The predicted molar refractivity (Wildman–Crippen MR) is 78.9 cm³/mol. The van der Waals surface area contributed by atoms with Crippen LogP contribution in [0.5, 0.6) is 0 Å². The summed E-state index contributed by atoms with van der Waals surface area (Å²) >= 11 is 3.42. The summed E-state index contributed by atoms with van der Waals surface area (Å²) in [4.78, 5) is 14.3. The summed E-state index contributed by atoms with van der Waals surface area (Å²) < 4.78 is 0.993. The van der Waals surface area contributed by atoms with Gasteiger partial charge in [0, 0.05) is 17.1 Å². The lowest BCUT2D eigenvalue weighted by molar-refractivity contribution is -0.133. The van der Waals surface area contributed by atoms with Crippen molar-refractivity contribution in [2.24, 2.45) is 0 Å². The molecule has 0 unspecified atom stereocenters. The molecule has 0 heterocycles. The Bertz CT molecular complexity index is 430. The summed E-state index contributed by atoms with van der Waals surface area (Å²) in [6.07, 6.45) is 4.94. The van der Waals surface area contributed by atoms with Gasteiger partial charge in [0.1, 0.15) is 0 Å². The normalized spacial score (nSPS) is 15.7. The number of nitrogens with zero attached hydrogens (tertiary/aromatic N) is 1. The fourth-order valence-corrected chi connectivity index (χ4v) is 3.20. The number of aliphatic hydroxyl groups excluding tert-OH is 1. The SMILES string of the molecule is O=C(Cc1cccc(Br)c1)N(CCO)C1CCCC1. The monoisotopic (exact) mass is 325 g/mol. The van der Waals surface area contributed by atoms with E-state index in [2.05, 4.69) is 15.9 Å². The number of amides is 1. The number of benzene rings is 1. The number of aliphatic hydroxyl groups is 1. The Labute approximate surface area is 122 Å². The van der Waals surface area contributed by atoms with E-state index in [0.29, 0.717) is 19.0 Å². The van der Waals surface area contributed by atoms with Gasteiger partial charge in [-0.25, -0.2) is 0 Å². The van der Waals surface area contributed by atoms with Crippen LogP contribution in [0.4, 0.5) is 0 Å². The van der Waals surface area contributed by atoms with Gasteiger partial charge < -0.3 is 10.0 Å². The third kappa shape index (κ3) is 4.05. The fourth-order valence-electron chi connectivity index (χ4n) is 2.76. The van der Waals surface area contributed by atoms with Crippen molar-refractivity contribution in [1.29, 1.82) is 0 Å². The number of hydrogen-bond acceptors (Lipinski definition) is 2. The molecule has 3 nitrogen and oxygen atoms in total. The molecule has 0 atom stereocenters. The van der Waals surface area contributed by atoms with Crippen molar-refractivity contribution in [2.75, 3.05) is 13.2 Å². The fraction of sp³-hybridized carbons (Fsp3) is 0.533. The molecule has 1 saturated carbocycles. The van der Waals surface area contributed by atoms with Crippen LogP contribution in [0.15, 0.2) is 28.7 Å². The first kappa shape index (κ1) is 14.5. The zero-order valence-corrected chi connectivity index (χ0v) is 12.6. The number of hydrogen-bond donors (Lipinski definition) is 1. The molecule has 0 aliphatic heterocycles. The Morgan fingerprint density at radius 3 is 2.74 bits per heavy atom. The first-order valence-electron chi connectivity index (χ1n) is 6.85. The standard InChI is InChI=1S/C15H20BrNO2/c16-13-5-3-4-12(10-13)11-15(19)17(8-9-18)14-6-1-2-7-14/h3-5,10,14,18H,1-2,6-9,11H2. The predicted octanol–water partition coefficient (Wildman–Crippen LogP) is 2.76. The van der Waals surface area contributed by atoms with E-state index in [1.807, 2.05) is 29.2 Å². The highest BCUT2D eigenvalue weighted by Crippen LogP contribution is 2.24. The summed E-state index contributed by atoms with van der Waals surface area (Å²) in [7, 11) is 0. The van der Waals surface area contributed by atoms with Crippen LogP contribution in [0, 0.1) is 0 Å². The molecule has 1 N–H and O–H groups in total. The maximum absolute atomic E-state index is 12.4. The lowest BCUT2D eigenvalue weighted by atomic mass is 10.1. The second-order valence-corrected chi connectivity index (χ2v) is 5.97. The minimum absolute atomic E-state index is 0.0424. The number of carbonyl (C=O) groups is 1. The largest absolute Gasteiger partial charge is 0.395 e. The molecule has 1 aromatic carbocycles. The Hall–Kier alpha value is -0.870. The lowest BCUT2D eigenvalue weighted by Crippen LogP contribution is -2.41. The third-order valence-corrected chi connectivity index (χ3v) is 4.16. The highest BCUT2D eigenvalue weighted by Gasteiger charge is 2.26. The van der Waals surface area contributed by atoms with E-state index in [4.69, 9.17) is 5.11 Å². The molecule has 0 aromatic heterocycles. The quantitative estimate of drug-likeness (QED) is 0.904. The minimum Gasteiger partial charge on any atom is -0.395 e. The third-order valence-electron chi connectivity index (χ3n) is 3.67. The van der Waals surface area contributed by atoms with Crippen LogP contribution in [0.2, 0.25) is 0 Å². The molecule has 104 valence electrons. The Kier molecular flexibility index (Phi) is 5.40. The van der Waals surface area contributed by atoms with Crippen molar-refractivity contribution in [3.63, 3.8) is 0 Å². The molecule has 0 radical (unpaired) electrons. The molecule has 1 aromatic rings. The van der Waals surface area contributed by atoms with E-state index in [1.54, 1.807) is 0 Å². The van der Waals surface area contributed by atoms with Crippen LogP contribution >= 0.6 is 15.9 Å². The zero-order valence-electron chi connectivity index (χ0n) is 11.0. The van der Waals surface area contributed by atoms with Gasteiger partial charge in [-0.2, -0.15) is 0 Å². The van der Waals surface area contributed by atoms with E-state index in [0.717, 1.165) is 22.9 Å². The second kappa shape index (κ2) is 7.06. The van der Waals surface area contributed by atoms with E-state index >= 15 is 0 Å². The molecule has 0 bridgehead atoms. The van der Waals surface area contributed by atoms with Crippen LogP contribution in [-0.2, 0) is 11.2 Å². The highest BCUT2D eigenvalue weighted by atomic mass is 79.9. The number of carbonyl (C=O) groups excluding carboxylic acids is 1. The van der Waals surface area contributed by atoms with Gasteiger partial charge in [0.15, 0.2) is 0 Å². The van der Waals surface area contributed by atoms with E-state index in [1.165, 1.54) is 12.8 Å². The molecular weight excluding hydrogens is 306 g/mol. The van der Waals surface area contributed by atoms with Crippen LogP contribution in [-0.4, -0.2) is 35.1 Å². The summed E-state index contributed by atoms with van der Waals surface area (Å²) in [6.45, 7) is 0.498. The molecule has 0 saturated heterocycles. The summed E-state index contributed by atoms with van der Waals surface area (Å²) in [5, 5.41) is 9.15. The average molecular weight is 326 g/mol. The van der Waals surface area contributed by atoms with E-state index in [-0.39, 0.29) is 12.5 Å². The Balaban J connectivity index is 2.02. The summed E-state index contributed by atoms with van der Waals surface area (Å²) in [5.74, 6) is 0.124. The minimum atomic E-state index is 0.0424. The first-order valence-corrected chi connectivity index (χ1v) is 7.65. The van der Waals surface area contributed by atoms with E-state index in [9.17, 15) is 4.79 Å². The molecule has 1 aliphatic carbocycles. The summed E-state index contributed by atoms with van der Waals surface area (Å²) in [6, 6.07) is 8.17. The van der Waals surface area contributed by atoms with Gasteiger partial charge in [-0.05, 0) is 30.5 Å². The maximum atomic E-state index is 12.4. The van der Waals surface area contributed by atoms with Gasteiger partial charge in [0.05, 0.1) is 13.0 Å². The molecule has 4 heteroatoms. The van der Waals surface area contributed by atoms with Gasteiger partial charge in [0.2, 0.25) is 5.91 Å². The molecule has 0 spiro atoms. The average Bonchev–Trinajstić information content (AvgIpc) is 2.89. The van der Waals surface area contributed by atoms with Gasteiger partial charge >= 0.3 is 0 Å². The van der Waals surface area contributed by atoms with Gasteiger partial charge in [-0.1, -0.05) is 40.9 Å². The van der Waals surface area contributed by atoms with Crippen molar-refractivity contribution in [2.45, 2.75) is 38.1 Å². The highest BCUT2D eigenvalue weighted by molar-refractivity contribution is 9.10. The molecule has 1 fully saturated rings. The molecule has 19 heavy (non-hydrogen) atoms. The van der Waals surface area contributed by atoms with Crippen molar-refractivity contribution >= 4 is 21.8 Å². The number of halogens is 1.